The predicted octanol–water partition coefficient (Wildman–Crippen LogP) is 3.44. The summed E-state index contributed by atoms with van der Waals surface area (Å²) in [5.41, 5.74) is 1.60. The van der Waals surface area contributed by atoms with E-state index in [0.717, 1.165) is 37.3 Å². The number of aromatic amines is 1. The van der Waals surface area contributed by atoms with Crippen LogP contribution in [0.1, 0.15) is 36.7 Å². The summed E-state index contributed by atoms with van der Waals surface area (Å²) >= 11 is 0. The highest BCUT2D eigenvalue weighted by Crippen LogP contribution is 2.38. The molecule has 0 spiro atoms. The van der Waals surface area contributed by atoms with E-state index in [-0.39, 0.29) is 11.6 Å². The Kier molecular flexibility index (Phi) is 5.61. The maximum atomic E-state index is 12.7. The van der Waals surface area contributed by atoms with Crippen LogP contribution in [0.25, 0.3) is 10.9 Å². The van der Waals surface area contributed by atoms with Crippen LogP contribution in [0.5, 0.6) is 23.0 Å². The number of fused-ring (bicyclic) bond motifs is 2. The summed E-state index contributed by atoms with van der Waals surface area (Å²) in [6.07, 6.45) is 3.02. The maximum absolute atomic E-state index is 12.7. The van der Waals surface area contributed by atoms with Crippen molar-refractivity contribution in [3.8, 4) is 23.0 Å². The van der Waals surface area contributed by atoms with Gasteiger partial charge in [0.2, 0.25) is 0 Å². The zero-order chi connectivity index (χ0) is 22.1. The van der Waals surface area contributed by atoms with Gasteiger partial charge in [-0.1, -0.05) is 6.07 Å². The molecule has 1 aromatic heterocycles. The molecule has 0 amide bonds. The van der Waals surface area contributed by atoms with Crippen molar-refractivity contribution in [3.05, 3.63) is 52.1 Å². The van der Waals surface area contributed by atoms with Crippen LogP contribution in [0.4, 0.5) is 0 Å². The molecule has 0 unspecified atom stereocenters. The van der Waals surface area contributed by atoms with E-state index < -0.39 is 0 Å². The first-order valence-electron chi connectivity index (χ1n) is 10.9. The molecule has 8 nitrogen and oxygen atoms in total. The van der Waals surface area contributed by atoms with Crippen molar-refractivity contribution in [1.82, 2.24) is 14.9 Å². The van der Waals surface area contributed by atoms with Crippen molar-refractivity contribution in [1.29, 1.82) is 0 Å². The molecule has 3 heterocycles. The maximum Gasteiger partial charge on any atom is 0.258 e. The van der Waals surface area contributed by atoms with Crippen LogP contribution in [-0.4, -0.2) is 48.8 Å². The highest BCUT2D eigenvalue weighted by atomic mass is 16.5. The minimum Gasteiger partial charge on any atom is -0.493 e. The minimum atomic E-state index is -0.183. The fraction of sp³-hybridized carbons (Fsp3) is 0.417. The van der Waals surface area contributed by atoms with Gasteiger partial charge in [-0.05, 0) is 43.1 Å². The molecule has 0 bridgehead atoms. The highest BCUT2D eigenvalue weighted by Gasteiger charge is 2.28. The van der Waals surface area contributed by atoms with E-state index in [1.54, 1.807) is 26.4 Å². The van der Waals surface area contributed by atoms with E-state index in [2.05, 4.69) is 22.0 Å². The Hall–Kier alpha value is -3.26. The van der Waals surface area contributed by atoms with E-state index in [9.17, 15) is 4.79 Å². The second-order valence-corrected chi connectivity index (χ2v) is 8.12. The first kappa shape index (κ1) is 20.6. The van der Waals surface area contributed by atoms with Gasteiger partial charge in [0.05, 0.1) is 44.9 Å². The summed E-state index contributed by atoms with van der Waals surface area (Å²) < 4.78 is 22.3. The molecular weight excluding hydrogens is 410 g/mol. The van der Waals surface area contributed by atoms with Gasteiger partial charge in [-0.2, -0.15) is 0 Å². The van der Waals surface area contributed by atoms with Crippen LogP contribution < -0.4 is 24.5 Å². The predicted molar refractivity (Wildman–Crippen MR) is 120 cm³/mol. The number of benzene rings is 2. The molecule has 3 aromatic rings. The van der Waals surface area contributed by atoms with Crippen molar-refractivity contribution >= 4 is 10.9 Å². The zero-order valence-electron chi connectivity index (χ0n) is 18.3. The molecule has 2 aliphatic heterocycles. The van der Waals surface area contributed by atoms with Gasteiger partial charge in [0, 0.05) is 18.5 Å². The van der Waals surface area contributed by atoms with Gasteiger partial charge in [-0.15, -0.1) is 0 Å². The standard InChI is InChI=1S/C24H27N3O5/c1-29-20-12-16-17(13-21(20)30-2)25-23(26-24(16)28)14-27-8-3-5-18(27)15-6-7-19-22(11-15)32-10-4-9-31-19/h6-7,11-13,18H,3-5,8-10,14H2,1-2H3,(H,25,26,28)/t18-/m0/s1. The molecule has 5 rings (SSSR count). The van der Waals surface area contributed by atoms with Crippen molar-refractivity contribution < 1.29 is 18.9 Å². The summed E-state index contributed by atoms with van der Waals surface area (Å²) in [5.74, 6) is 3.31. The van der Waals surface area contributed by atoms with Crippen LogP contribution in [-0.2, 0) is 6.54 Å². The Morgan fingerprint density at radius 2 is 1.84 bits per heavy atom. The van der Waals surface area contributed by atoms with E-state index in [0.29, 0.717) is 48.0 Å². The number of H-pyrrole nitrogens is 1. The Morgan fingerprint density at radius 1 is 1.06 bits per heavy atom. The van der Waals surface area contributed by atoms with Gasteiger partial charge in [0.15, 0.2) is 23.0 Å². The summed E-state index contributed by atoms with van der Waals surface area (Å²) in [7, 11) is 3.12. The van der Waals surface area contributed by atoms with Gasteiger partial charge >= 0.3 is 0 Å². The Labute approximate surface area is 186 Å². The highest BCUT2D eigenvalue weighted by molar-refractivity contribution is 5.81. The molecule has 1 fully saturated rings. The van der Waals surface area contributed by atoms with Crippen molar-refractivity contribution in [2.45, 2.75) is 31.8 Å². The normalized spacial score (nSPS) is 18.5. The third-order valence-electron chi connectivity index (χ3n) is 6.13. The SMILES string of the molecule is COc1cc2nc(CN3CCC[C@H]3c3ccc4c(c3)OCCCO4)[nH]c(=O)c2cc1OC. The summed E-state index contributed by atoms with van der Waals surface area (Å²) in [5, 5.41) is 0.479. The van der Waals surface area contributed by atoms with Gasteiger partial charge < -0.3 is 23.9 Å². The van der Waals surface area contributed by atoms with Crippen LogP contribution in [0.3, 0.4) is 0 Å². The number of methoxy groups -OCH3 is 2. The van der Waals surface area contributed by atoms with E-state index in [4.69, 9.17) is 23.9 Å². The van der Waals surface area contributed by atoms with Crippen LogP contribution in [0.15, 0.2) is 35.1 Å². The van der Waals surface area contributed by atoms with Crippen molar-refractivity contribution in [3.63, 3.8) is 0 Å². The zero-order valence-corrected chi connectivity index (χ0v) is 18.3. The lowest BCUT2D eigenvalue weighted by molar-refractivity contribution is 0.241. The number of hydrogen-bond acceptors (Lipinski definition) is 7. The third-order valence-corrected chi connectivity index (χ3v) is 6.13. The van der Waals surface area contributed by atoms with E-state index in [1.807, 2.05) is 6.07 Å². The summed E-state index contributed by atoms with van der Waals surface area (Å²) in [6.45, 7) is 2.84. The second kappa shape index (κ2) is 8.70. The monoisotopic (exact) mass is 437 g/mol. The number of aromatic nitrogens is 2. The average Bonchev–Trinajstić information content (AvgIpc) is 3.13. The number of nitrogens with one attached hydrogen (secondary N) is 1. The number of nitrogens with zero attached hydrogens (tertiary/aromatic N) is 2. The Bertz CT molecular complexity index is 1190. The molecule has 1 saturated heterocycles. The number of rotatable bonds is 5. The first-order valence-corrected chi connectivity index (χ1v) is 10.9. The third kappa shape index (κ3) is 3.86. The quantitative estimate of drug-likeness (QED) is 0.654. The van der Waals surface area contributed by atoms with Gasteiger partial charge in [-0.25, -0.2) is 4.98 Å². The Morgan fingerprint density at radius 3 is 2.66 bits per heavy atom. The first-order chi connectivity index (χ1) is 15.7. The van der Waals surface area contributed by atoms with Gasteiger partial charge in [0.25, 0.3) is 5.56 Å². The number of likely N-dealkylation sites (tertiary alicyclic amines) is 1. The molecule has 0 radical (unpaired) electrons. The van der Waals surface area contributed by atoms with E-state index in [1.165, 1.54) is 5.56 Å². The molecule has 2 aromatic carbocycles. The van der Waals surface area contributed by atoms with Crippen molar-refractivity contribution in [2.24, 2.45) is 0 Å². The molecule has 1 N–H and O–H groups in total. The molecular formula is C24H27N3O5. The topological polar surface area (TPSA) is 85.9 Å². The molecule has 1 atom stereocenters. The lowest BCUT2D eigenvalue weighted by atomic mass is 10.0. The van der Waals surface area contributed by atoms with Crippen molar-refractivity contribution in [2.75, 3.05) is 34.0 Å². The molecule has 0 saturated carbocycles. The van der Waals surface area contributed by atoms with E-state index >= 15 is 0 Å². The molecule has 2 aliphatic rings. The molecule has 32 heavy (non-hydrogen) atoms. The fourth-order valence-corrected chi connectivity index (χ4v) is 4.56. The smallest absolute Gasteiger partial charge is 0.258 e. The molecule has 168 valence electrons. The Balaban J connectivity index is 1.43. The second-order valence-electron chi connectivity index (χ2n) is 8.12. The van der Waals surface area contributed by atoms with Crippen LogP contribution in [0.2, 0.25) is 0 Å². The molecule has 0 aliphatic carbocycles. The average molecular weight is 437 g/mol. The minimum absolute atomic E-state index is 0.183. The fourth-order valence-electron chi connectivity index (χ4n) is 4.56. The summed E-state index contributed by atoms with van der Waals surface area (Å²) in [6, 6.07) is 9.86. The van der Waals surface area contributed by atoms with Crippen LogP contribution >= 0.6 is 0 Å². The summed E-state index contributed by atoms with van der Waals surface area (Å²) in [4.78, 5) is 22.8. The number of ether oxygens (including phenoxy) is 4. The largest absolute Gasteiger partial charge is 0.493 e. The van der Waals surface area contributed by atoms with Gasteiger partial charge in [-0.3, -0.25) is 9.69 Å². The van der Waals surface area contributed by atoms with Gasteiger partial charge in [0.1, 0.15) is 5.82 Å². The van der Waals surface area contributed by atoms with Crippen LogP contribution in [0, 0.1) is 0 Å². The lowest BCUT2D eigenvalue weighted by Gasteiger charge is -2.25. The molecule has 8 heteroatoms. The number of hydrogen-bond donors (Lipinski definition) is 1. The lowest BCUT2D eigenvalue weighted by Crippen LogP contribution is -2.25.